The Balaban J connectivity index is 2.05. The first-order valence-electron chi connectivity index (χ1n) is 7.66. The molecule has 0 radical (unpaired) electrons. The molecule has 1 N–H and O–H groups in total. The molecule has 0 bridgehead atoms. The molecule has 3 heteroatoms. The maximum atomic E-state index is 9.41. The van der Waals surface area contributed by atoms with Crippen molar-refractivity contribution in [2.24, 2.45) is 5.41 Å². The minimum Gasteiger partial charge on any atom is -0.380 e. The molecule has 1 unspecified atom stereocenters. The van der Waals surface area contributed by atoms with Crippen LogP contribution >= 0.6 is 0 Å². The molecule has 2 aromatic rings. The summed E-state index contributed by atoms with van der Waals surface area (Å²) >= 11 is 0. The van der Waals surface area contributed by atoms with Gasteiger partial charge in [-0.3, -0.25) is 4.98 Å². The topological polar surface area (TPSA) is 48.7 Å². The molecule has 1 aliphatic rings. The number of nitrogens with one attached hydrogen (secondary N) is 1. The number of nitrogens with zero attached hydrogens (tertiary/aromatic N) is 2. The van der Waals surface area contributed by atoms with Gasteiger partial charge in [0.2, 0.25) is 0 Å². The first kappa shape index (κ1) is 13.9. The average Bonchev–Trinajstić information content (AvgIpc) is 2.49. The summed E-state index contributed by atoms with van der Waals surface area (Å²) in [5.74, 6) is 0. The Bertz CT molecular complexity index is 697. The van der Waals surface area contributed by atoms with Gasteiger partial charge < -0.3 is 5.32 Å². The van der Waals surface area contributed by atoms with Crippen molar-refractivity contribution in [1.82, 2.24) is 4.98 Å². The van der Waals surface area contributed by atoms with Crippen LogP contribution in [0.3, 0.4) is 0 Å². The fraction of sp³-hybridized carbons (Fsp3) is 0.444. The molecule has 1 atom stereocenters. The summed E-state index contributed by atoms with van der Waals surface area (Å²) in [6.07, 6.45) is 6.63. The lowest BCUT2D eigenvalue weighted by Gasteiger charge is -2.40. The predicted octanol–water partition coefficient (Wildman–Crippen LogP) is 4.49. The lowest BCUT2D eigenvalue weighted by molar-refractivity contribution is 0.217. The van der Waals surface area contributed by atoms with Gasteiger partial charge in [-0.2, -0.15) is 5.26 Å². The minimum absolute atomic E-state index is 0.259. The summed E-state index contributed by atoms with van der Waals surface area (Å²) in [5.41, 5.74) is 2.78. The molecule has 1 aliphatic carbocycles. The molecule has 1 heterocycles. The van der Waals surface area contributed by atoms with Gasteiger partial charge in [0.15, 0.2) is 0 Å². The Morgan fingerprint density at radius 3 is 2.86 bits per heavy atom. The van der Waals surface area contributed by atoms with Gasteiger partial charge >= 0.3 is 0 Å². The Kier molecular flexibility index (Phi) is 3.55. The van der Waals surface area contributed by atoms with Crippen molar-refractivity contribution in [3.8, 4) is 6.07 Å². The van der Waals surface area contributed by atoms with E-state index >= 15 is 0 Å². The molecule has 3 rings (SSSR count). The summed E-state index contributed by atoms with van der Waals surface area (Å²) in [4.78, 5) is 4.38. The molecule has 1 aromatic carbocycles. The van der Waals surface area contributed by atoms with E-state index in [1.807, 2.05) is 24.3 Å². The highest BCUT2D eigenvalue weighted by atomic mass is 15.0. The Hall–Kier alpha value is -2.08. The highest BCUT2D eigenvalue weighted by molar-refractivity contribution is 5.94. The van der Waals surface area contributed by atoms with Crippen LogP contribution in [0.25, 0.3) is 10.9 Å². The van der Waals surface area contributed by atoms with Crippen LogP contribution in [0.4, 0.5) is 5.69 Å². The Morgan fingerprint density at radius 2 is 2.10 bits per heavy atom. The third-order valence-electron chi connectivity index (χ3n) is 4.72. The zero-order valence-electron chi connectivity index (χ0n) is 12.7. The van der Waals surface area contributed by atoms with Gasteiger partial charge in [-0.15, -0.1) is 0 Å². The largest absolute Gasteiger partial charge is 0.380 e. The van der Waals surface area contributed by atoms with Crippen molar-refractivity contribution in [1.29, 1.82) is 5.26 Å². The molecular formula is C18H21N3. The summed E-state index contributed by atoms with van der Waals surface area (Å²) < 4.78 is 0. The summed E-state index contributed by atoms with van der Waals surface area (Å²) in [7, 11) is 0. The minimum atomic E-state index is 0.259. The molecule has 1 fully saturated rings. The molecule has 0 saturated heterocycles. The van der Waals surface area contributed by atoms with Crippen molar-refractivity contribution in [3.05, 3.63) is 36.0 Å². The predicted molar refractivity (Wildman–Crippen MR) is 86.1 cm³/mol. The van der Waals surface area contributed by atoms with Crippen LogP contribution in [0.2, 0.25) is 0 Å². The molecular weight excluding hydrogens is 258 g/mol. The Morgan fingerprint density at radius 1 is 1.29 bits per heavy atom. The van der Waals surface area contributed by atoms with Gasteiger partial charge in [-0.1, -0.05) is 44.9 Å². The van der Waals surface area contributed by atoms with E-state index in [1.54, 1.807) is 6.20 Å². The number of hydrogen-bond acceptors (Lipinski definition) is 3. The highest BCUT2D eigenvalue weighted by Crippen LogP contribution is 2.38. The van der Waals surface area contributed by atoms with Gasteiger partial charge in [-0.05, 0) is 24.3 Å². The quantitative estimate of drug-likeness (QED) is 0.881. The highest BCUT2D eigenvalue weighted by Gasteiger charge is 2.32. The summed E-state index contributed by atoms with van der Waals surface area (Å²) in [5, 5.41) is 14.1. The number of benzene rings is 1. The number of para-hydroxylation sites is 1. The Labute approximate surface area is 126 Å². The third-order valence-corrected chi connectivity index (χ3v) is 4.72. The molecule has 0 aliphatic heterocycles. The zero-order chi connectivity index (χ0) is 14.9. The maximum absolute atomic E-state index is 9.41. The van der Waals surface area contributed by atoms with Crippen LogP contribution in [0.15, 0.2) is 30.5 Å². The molecule has 0 spiro atoms. The fourth-order valence-electron chi connectivity index (χ4n) is 3.32. The van der Waals surface area contributed by atoms with Crippen molar-refractivity contribution in [2.75, 3.05) is 5.32 Å². The lowest BCUT2D eigenvalue weighted by Crippen LogP contribution is -2.39. The van der Waals surface area contributed by atoms with Gasteiger partial charge in [0.1, 0.15) is 6.07 Å². The number of pyridine rings is 1. The third kappa shape index (κ3) is 2.58. The van der Waals surface area contributed by atoms with Crippen LogP contribution in [0, 0.1) is 16.7 Å². The van der Waals surface area contributed by atoms with Crippen molar-refractivity contribution in [3.63, 3.8) is 0 Å². The summed E-state index contributed by atoms with van der Waals surface area (Å²) in [6.45, 7) is 4.64. The van der Waals surface area contributed by atoms with E-state index < -0.39 is 0 Å². The maximum Gasteiger partial charge on any atom is 0.103 e. The van der Waals surface area contributed by atoms with E-state index in [9.17, 15) is 5.26 Å². The normalized spacial score (nSPS) is 20.9. The second-order valence-corrected chi connectivity index (χ2v) is 6.61. The van der Waals surface area contributed by atoms with Crippen LogP contribution in [0.1, 0.15) is 45.1 Å². The number of anilines is 1. The van der Waals surface area contributed by atoms with E-state index in [-0.39, 0.29) is 5.41 Å². The fourth-order valence-corrected chi connectivity index (χ4v) is 3.32. The van der Waals surface area contributed by atoms with Gasteiger partial charge in [0, 0.05) is 17.6 Å². The van der Waals surface area contributed by atoms with Gasteiger partial charge in [0.25, 0.3) is 0 Å². The number of aromatic nitrogens is 1. The SMILES string of the molecule is CC1(C)CCCCC1Nc1c(C#N)cnc2ccccc12. The van der Waals surface area contributed by atoms with Crippen LogP contribution in [-0.4, -0.2) is 11.0 Å². The molecule has 3 nitrogen and oxygen atoms in total. The van der Waals surface area contributed by atoms with E-state index in [2.05, 4.69) is 30.2 Å². The average molecular weight is 279 g/mol. The smallest absolute Gasteiger partial charge is 0.103 e. The van der Waals surface area contributed by atoms with E-state index in [4.69, 9.17) is 0 Å². The van der Waals surface area contributed by atoms with Crippen LogP contribution < -0.4 is 5.32 Å². The molecule has 1 saturated carbocycles. The van der Waals surface area contributed by atoms with E-state index in [1.165, 1.54) is 19.3 Å². The van der Waals surface area contributed by atoms with Gasteiger partial charge in [-0.25, -0.2) is 0 Å². The van der Waals surface area contributed by atoms with Gasteiger partial charge in [0.05, 0.1) is 16.8 Å². The second-order valence-electron chi connectivity index (χ2n) is 6.61. The number of nitriles is 1. The second kappa shape index (κ2) is 5.37. The van der Waals surface area contributed by atoms with Crippen LogP contribution in [0.5, 0.6) is 0 Å². The number of fused-ring (bicyclic) bond motifs is 1. The monoisotopic (exact) mass is 279 g/mol. The van der Waals surface area contributed by atoms with Crippen molar-refractivity contribution < 1.29 is 0 Å². The van der Waals surface area contributed by atoms with Crippen LogP contribution in [-0.2, 0) is 0 Å². The first-order chi connectivity index (χ1) is 10.1. The molecule has 108 valence electrons. The molecule has 0 amide bonds. The van der Waals surface area contributed by atoms with E-state index in [0.29, 0.717) is 11.6 Å². The lowest BCUT2D eigenvalue weighted by atomic mass is 9.73. The van der Waals surface area contributed by atoms with Crippen molar-refractivity contribution in [2.45, 2.75) is 45.6 Å². The molecule has 21 heavy (non-hydrogen) atoms. The number of rotatable bonds is 2. The van der Waals surface area contributed by atoms with E-state index in [0.717, 1.165) is 23.0 Å². The molecule has 1 aromatic heterocycles. The first-order valence-corrected chi connectivity index (χ1v) is 7.66. The summed E-state index contributed by atoms with van der Waals surface area (Å²) in [6, 6.07) is 10.7. The standard InChI is InChI=1S/C18H21N3/c1-18(2)10-6-5-9-16(18)21-17-13(11-19)12-20-15-8-4-3-7-14(15)17/h3-4,7-8,12,16H,5-6,9-10H2,1-2H3,(H,20,21). The van der Waals surface area contributed by atoms with Crippen molar-refractivity contribution >= 4 is 16.6 Å². The zero-order valence-corrected chi connectivity index (χ0v) is 12.7. The number of hydrogen-bond donors (Lipinski definition) is 1.